The Bertz CT molecular complexity index is 531. The predicted molar refractivity (Wildman–Crippen MR) is 79.8 cm³/mol. The van der Waals surface area contributed by atoms with Crippen molar-refractivity contribution in [3.63, 3.8) is 0 Å². The molecule has 0 aromatic heterocycles. The zero-order chi connectivity index (χ0) is 15.4. The number of carbonyl (C=O) groups is 1. The number of hydrogen-bond donors (Lipinski definition) is 1. The largest absolute Gasteiger partial charge is 0.338 e. The summed E-state index contributed by atoms with van der Waals surface area (Å²) >= 11 is 0. The van der Waals surface area contributed by atoms with Crippen molar-refractivity contribution in [2.45, 2.75) is 44.7 Å². The summed E-state index contributed by atoms with van der Waals surface area (Å²) in [6, 6.07) is 6.27. The second-order valence-electron chi connectivity index (χ2n) is 5.61. The van der Waals surface area contributed by atoms with Gasteiger partial charge in [0.15, 0.2) is 0 Å². The van der Waals surface area contributed by atoms with E-state index in [1.54, 1.807) is 12.1 Å². The summed E-state index contributed by atoms with van der Waals surface area (Å²) in [5, 5.41) is 10.8. The van der Waals surface area contributed by atoms with E-state index in [9.17, 15) is 14.9 Å². The lowest BCUT2D eigenvalue weighted by molar-refractivity contribution is -0.384. The van der Waals surface area contributed by atoms with Crippen LogP contribution in [-0.4, -0.2) is 34.4 Å². The van der Waals surface area contributed by atoms with E-state index in [1.165, 1.54) is 12.1 Å². The Kier molecular flexibility index (Phi) is 4.90. The second kappa shape index (κ2) is 6.67. The summed E-state index contributed by atoms with van der Waals surface area (Å²) < 4.78 is 0. The summed E-state index contributed by atoms with van der Waals surface area (Å²) in [5.41, 5.74) is 6.66. The molecule has 1 aliphatic heterocycles. The highest BCUT2D eigenvalue weighted by molar-refractivity contribution is 5.79. The number of rotatable bonds is 4. The first kappa shape index (κ1) is 15.4. The topological polar surface area (TPSA) is 89.5 Å². The van der Waals surface area contributed by atoms with Crippen molar-refractivity contribution in [3.05, 3.63) is 39.9 Å². The first-order chi connectivity index (χ1) is 9.99. The van der Waals surface area contributed by atoms with Gasteiger partial charge in [0, 0.05) is 30.8 Å². The molecule has 2 atom stereocenters. The lowest BCUT2D eigenvalue weighted by Gasteiger charge is -2.38. The number of piperidine rings is 1. The maximum Gasteiger partial charge on any atom is 0.269 e. The van der Waals surface area contributed by atoms with Gasteiger partial charge in [-0.1, -0.05) is 12.1 Å². The lowest BCUT2D eigenvalue weighted by Crippen LogP contribution is -2.52. The van der Waals surface area contributed by atoms with E-state index >= 15 is 0 Å². The summed E-state index contributed by atoms with van der Waals surface area (Å²) in [5.74, 6) is -0.00232. The van der Waals surface area contributed by atoms with Crippen LogP contribution in [0, 0.1) is 10.1 Å². The Labute approximate surface area is 124 Å². The van der Waals surface area contributed by atoms with Crippen molar-refractivity contribution in [2.24, 2.45) is 5.73 Å². The van der Waals surface area contributed by atoms with Gasteiger partial charge in [0.1, 0.15) is 0 Å². The van der Waals surface area contributed by atoms with E-state index in [2.05, 4.69) is 0 Å². The molecule has 1 saturated heterocycles. The van der Waals surface area contributed by atoms with Crippen LogP contribution in [0.3, 0.4) is 0 Å². The zero-order valence-electron chi connectivity index (χ0n) is 12.2. The number of likely N-dealkylation sites (tertiary alicyclic amines) is 1. The molecular weight excluding hydrogens is 270 g/mol. The van der Waals surface area contributed by atoms with Crippen LogP contribution < -0.4 is 5.73 Å². The summed E-state index contributed by atoms with van der Waals surface area (Å²) in [4.78, 5) is 24.6. The quantitative estimate of drug-likeness (QED) is 0.677. The van der Waals surface area contributed by atoms with Crippen LogP contribution in [0.15, 0.2) is 24.3 Å². The molecule has 2 N–H and O–H groups in total. The fraction of sp³-hybridized carbons (Fsp3) is 0.533. The smallest absolute Gasteiger partial charge is 0.269 e. The van der Waals surface area contributed by atoms with Gasteiger partial charge in [-0.3, -0.25) is 14.9 Å². The van der Waals surface area contributed by atoms with Crippen LogP contribution in [0.1, 0.15) is 31.7 Å². The van der Waals surface area contributed by atoms with Gasteiger partial charge in [0.05, 0.1) is 11.3 Å². The third-order valence-electron chi connectivity index (χ3n) is 3.95. The van der Waals surface area contributed by atoms with Gasteiger partial charge < -0.3 is 10.6 Å². The Balaban J connectivity index is 2.09. The molecule has 6 heteroatoms. The molecule has 0 aliphatic carbocycles. The van der Waals surface area contributed by atoms with Gasteiger partial charge in [-0.2, -0.15) is 0 Å². The first-order valence-corrected chi connectivity index (χ1v) is 7.27. The molecule has 0 radical (unpaired) electrons. The minimum absolute atomic E-state index is 0.00232. The Hall–Kier alpha value is -1.95. The minimum Gasteiger partial charge on any atom is -0.338 e. The van der Waals surface area contributed by atoms with Gasteiger partial charge in [-0.25, -0.2) is 0 Å². The molecule has 1 heterocycles. The molecule has 114 valence electrons. The van der Waals surface area contributed by atoms with Crippen molar-refractivity contribution in [2.75, 3.05) is 6.54 Å². The van der Waals surface area contributed by atoms with Gasteiger partial charge in [0.2, 0.25) is 5.91 Å². The van der Waals surface area contributed by atoms with Crippen LogP contribution in [0.25, 0.3) is 0 Å². The molecule has 1 aliphatic rings. The molecule has 1 amide bonds. The maximum atomic E-state index is 12.5. The van der Waals surface area contributed by atoms with Crippen LogP contribution in [0.2, 0.25) is 0 Å². The number of nitro benzene ring substituents is 1. The highest BCUT2D eigenvalue weighted by atomic mass is 16.6. The molecule has 0 spiro atoms. The Morgan fingerprint density at radius 2 is 2.29 bits per heavy atom. The lowest BCUT2D eigenvalue weighted by atomic mass is 9.96. The van der Waals surface area contributed by atoms with E-state index in [-0.39, 0.29) is 30.1 Å². The summed E-state index contributed by atoms with van der Waals surface area (Å²) in [6.45, 7) is 2.64. The van der Waals surface area contributed by atoms with Crippen molar-refractivity contribution < 1.29 is 9.72 Å². The molecule has 0 saturated carbocycles. The van der Waals surface area contributed by atoms with E-state index in [0.29, 0.717) is 5.56 Å². The molecule has 21 heavy (non-hydrogen) atoms. The number of nitro groups is 1. The number of non-ortho nitro benzene ring substituents is 1. The number of hydrogen-bond acceptors (Lipinski definition) is 4. The van der Waals surface area contributed by atoms with E-state index in [1.807, 2.05) is 11.8 Å². The first-order valence-electron chi connectivity index (χ1n) is 7.27. The fourth-order valence-corrected chi connectivity index (χ4v) is 2.87. The van der Waals surface area contributed by atoms with Crippen LogP contribution in [0.4, 0.5) is 5.69 Å². The summed E-state index contributed by atoms with van der Waals surface area (Å²) in [6.07, 6.45) is 3.19. The van der Waals surface area contributed by atoms with Gasteiger partial charge in [-0.05, 0) is 31.7 Å². The molecule has 1 aromatic rings. The predicted octanol–water partition coefficient (Wildman–Crippen LogP) is 1.87. The van der Waals surface area contributed by atoms with Crippen molar-refractivity contribution in [3.8, 4) is 0 Å². The number of carbonyl (C=O) groups excluding carboxylic acids is 1. The highest BCUT2D eigenvalue weighted by Gasteiger charge is 2.29. The number of amides is 1. The number of nitrogens with zero attached hydrogens (tertiary/aromatic N) is 2. The van der Waals surface area contributed by atoms with Crippen LogP contribution >= 0.6 is 0 Å². The third kappa shape index (κ3) is 3.78. The standard InChI is InChI=1S/C15H21N3O3/c1-11(16)14-7-2-3-8-17(14)15(19)10-12-5-4-6-13(9-12)18(20)21/h4-6,9,11,14H,2-3,7-8,10,16H2,1H3. The third-order valence-corrected chi connectivity index (χ3v) is 3.95. The van der Waals surface area contributed by atoms with Gasteiger partial charge >= 0.3 is 0 Å². The summed E-state index contributed by atoms with van der Waals surface area (Å²) in [7, 11) is 0. The molecule has 1 fully saturated rings. The molecule has 6 nitrogen and oxygen atoms in total. The zero-order valence-corrected chi connectivity index (χ0v) is 12.2. The maximum absolute atomic E-state index is 12.5. The van der Waals surface area contributed by atoms with E-state index in [0.717, 1.165) is 25.8 Å². The van der Waals surface area contributed by atoms with E-state index < -0.39 is 4.92 Å². The van der Waals surface area contributed by atoms with Crippen molar-refractivity contribution in [1.29, 1.82) is 0 Å². The van der Waals surface area contributed by atoms with Crippen LogP contribution in [-0.2, 0) is 11.2 Å². The van der Waals surface area contributed by atoms with Crippen LogP contribution in [0.5, 0.6) is 0 Å². The Morgan fingerprint density at radius 1 is 1.52 bits per heavy atom. The second-order valence-corrected chi connectivity index (χ2v) is 5.61. The average Bonchev–Trinajstić information content (AvgIpc) is 2.47. The van der Waals surface area contributed by atoms with Gasteiger partial charge in [0.25, 0.3) is 5.69 Å². The number of benzene rings is 1. The molecular formula is C15H21N3O3. The molecule has 2 unspecified atom stereocenters. The SMILES string of the molecule is CC(N)C1CCCCN1C(=O)Cc1cccc([N+](=O)[O-])c1. The van der Waals surface area contributed by atoms with Crippen molar-refractivity contribution >= 4 is 11.6 Å². The normalized spacial score (nSPS) is 20.1. The number of nitrogens with two attached hydrogens (primary N) is 1. The molecule has 1 aromatic carbocycles. The van der Waals surface area contributed by atoms with E-state index in [4.69, 9.17) is 5.73 Å². The Morgan fingerprint density at radius 3 is 2.95 bits per heavy atom. The highest BCUT2D eigenvalue weighted by Crippen LogP contribution is 2.21. The minimum atomic E-state index is -0.445. The fourth-order valence-electron chi connectivity index (χ4n) is 2.87. The van der Waals surface area contributed by atoms with Crippen molar-refractivity contribution in [1.82, 2.24) is 4.90 Å². The molecule has 2 rings (SSSR count). The monoisotopic (exact) mass is 291 g/mol. The van der Waals surface area contributed by atoms with Gasteiger partial charge in [-0.15, -0.1) is 0 Å². The average molecular weight is 291 g/mol. The molecule has 0 bridgehead atoms.